The summed E-state index contributed by atoms with van der Waals surface area (Å²) in [5.41, 5.74) is -0.969. The van der Waals surface area contributed by atoms with Crippen LogP contribution in [0.25, 0.3) is 0 Å². The van der Waals surface area contributed by atoms with E-state index in [2.05, 4.69) is 5.10 Å². The van der Waals surface area contributed by atoms with Crippen molar-refractivity contribution < 1.29 is 26.7 Å². The third-order valence-corrected chi connectivity index (χ3v) is 2.63. The van der Waals surface area contributed by atoms with E-state index in [0.29, 0.717) is 10.4 Å². The Labute approximate surface area is 109 Å². The standard InChI is InChI=1S/C12H7F5N2O/c1-4-3-5(2)19(18-4)12(20)6-7(13)9(15)11(17)10(16)8(6)14/h3H,1-2H3. The van der Waals surface area contributed by atoms with Gasteiger partial charge in [0.15, 0.2) is 23.3 Å². The molecule has 0 saturated heterocycles. The van der Waals surface area contributed by atoms with Crippen molar-refractivity contribution in [3.63, 3.8) is 0 Å². The lowest BCUT2D eigenvalue weighted by Crippen LogP contribution is -2.21. The van der Waals surface area contributed by atoms with Crippen LogP contribution < -0.4 is 0 Å². The number of carbonyl (C=O) groups is 1. The number of rotatable bonds is 1. The first-order chi connectivity index (χ1) is 9.25. The van der Waals surface area contributed by atoms with Gasteiger partial charge >= 0.3 is 0 Å². The van der Waals surface area contributed by atoms with Crippen molar-refractivity contribution in [3.05, 3.63) is 52.1 Å². The van der Waals surface area contributed by atoms with Crippen molar-refractivity contribution in [2.24, 2.45) is 0 Å². The predicted octanol–water partition coefficient (Wildman–Crippen LogP) is 2.88. The van der Waals surface area contributed by atoms with Gasteiger partial charge in [0.25, 0.3) is 5.91 Å². The molecule has 0 unspecified atom stereocenters. The summed E-state index contributed by atoms with van der Waals surface area (Å²) in [5, 5.41) is 3.65. The molecule has 2 rings (SSSR count). The number of aromatic nitrogens is 2. The molecule has 0 aliphatic rings. The summed E-state index contributed by atoms with van der Waals surface area (Å²) in [6.45, 7) is 2.92. The van der Waals surface area contributed by atoms with Crippen molar-refractivity contribution in [1.82, 2.24) is 9.78 Å². The quantitative estimate of drug-likeness (QED) is 0.460. The number of benzene rings is 1. The zero-order chi connectivity index (χ0) is 15.2. The maximum absolute atomic E-state index is 13.5. The van der Waals surface area contributed by atoms with Crippen LogP contribution in [0, 0.1) is 42.9 Å². The van der Waals surface area contributed by atoms with E-state index in [-0.39, 0.29) is 5.69 Å². The highest BCUT2D eigenvalue weighted by atomic mass is 19.2. The number of nitrogens with zero attached hydrogens (tertiary/aromatic N) is 2. The molecule has 1 heterocycles. The zero-order valence-corrected chi connectivity index (χ0v) is 10.3. The number of hydrogen-bond acceptors (Lipinski definition) is 2. The second-order valence-electron chi connectivity index (χ2n) is 4.09. The molecule has 0 radical (unpaired) electrons. The summed E-state index contributed by atoms with van der Waals surface area (Å²) in [4.78, 5) is 11.9. The van der Waals surface area contributed by atoms with Crippen LogP contribution in [-0.2, 0) is 0 Å². The first-order valence-corrected chi connectivity index (χ1v) is 5.35. The fourth-order valence-electron chi connectivity index (χ4n) is 1.73. The summed E-state index contributed by atoms with van der Waals surface area (Å²) in [6.07, 6.45) is 0. The molecular weight excluding hydrogens is 283 g/mol. The molecule has 0 bridgehead atoms. The van der Waals surface area contributed by atoms with Gasteiger partial charge in [0.05, 0.1) is 5.69 Å². The van der Waals surface area contributed by atoms with E-state index in [4.69, 9.17) is 0 Å². The molecule has 0 fully saturated rings. The molecular formula is C12H7F5N2O. The zero-order valence-electron chi connectivity index (χ0n) is 10.3. The summed E-state index contributed by atoms with van der Waals surface area (Å²) < 4.78 is 66.5. The minimum Gasteiger partial charge on any atom is -0.266 e. The minimum atomic E-state index is -2.31. The highest BCUT2D eigenvalue weighted by Gasteiger charge is 2.31. The molecule has 3 nitrogen and oxygen atoms in total. The highest BCUT2D eigenvalue weighted by molar-refractivity contribution is 5.96. The van der Waals surface area contributed by atoms with E-state index >= 15 is 0 Å². The third kappa shape index (κ3) is 1.97. The minimum absolute atomic E-state index is 0.205. The fourth-order valence-corrected chi connectivity index (χ4v) is 1.73. The first-order valence-electron chi connectivity index (χ1n) is 5.35. The molecule has 0 spiro atoms. The topological polar surface area (TPSA) is 34.9 Å². The number of hydrogen-bond donors (Lipinski definition) is 0. The van der Waals surface area contributed by atoms with Crippen molar-refractivity contribution in [2.75, 3.05) is 0 Å². The Kier molecular flexibility index (Phi) is 3.33. The smallest absolute Gasteiger partial charge is 0.266 e. The molecule has 0 atom stereocenters. The molecule has 0 amide bonds. The molecule has 8 heteroatoms. The largest absolute Gasteiger partial charge is 0.284 e. The van der Waals surface area contributed by atoms with Gasteiger partial charge in [-0.1, -0.05) is 0 Å². The van der Waals surface area contributed by atoms with Gasteiger partial charge in [0, 0.05) is 5.69 Å². The Hall–Kier alpha value is -2.25. The molecule has 0 aliphatic heterocycles. The van der Waals surface area contributed by atoms with E-state index in [0.717, 1.165) is 0 Å². The summed E-state index contributed by atoms with van der Waals surface area (Å²) in [5.74, 6) is -12.5. The van der Waals surface area contributed by atoms with Crippen LogP contribution in [0.15, 0.2) is 6.07 Å². The molecule has 0 aliphatic carbocycles. The van der Waals surface area contributed by atoms with E-state index in [1.807, 2.05) is 0 Å². The molecule has 0 N–H and O–H groups in total. The molecule has 1 aromatic heterocycles. The summed E-state index contributed by atoms with van der Waals surface area (Å²) >= 11 is 0. The van der Waals surface area contributed by atoms with E-state index in [1.165, 1.54) is 19.9 Å². The lowest BCUT2D eigenvalue weighted by Gasteiger charge is -2.08. The Balaban J connectivity index is 2.70. The van der Waals surface area contributed by atoms with E-state index in [1.54, 1.807) is 0 Å². The molecule has 106 valence electrons. The lowest BCUT2D eigenvalue weighted by molar-refractivity contribution is 0.0930. The average Bonchev–Trinajstić information content (AvgIpc) is 2.73. The second kappa shape index (κ2) is 4.69. The van der Waals surface area contributed by atoms with Crippen molar-refractivity contribution >= 4 is 5.91 Å². The van der Waals surface area contributed by atoms with Crippen LogP contribution in [0.5, 0.6) is 0 Å². The van der Waals surface area contributed by atoms with Gasteiger partial charge in [-0.05, 0) is 19.9 Å². The Morgan fingerprint density at radius 2 is 1.40 bits per heavy atom. The second-order valence-corrected chi connectivity index (χ2v) is 4.09. The van der Waals surface area contributed by atoms with Gasteiger partial charge in [0.1, 0.15) is 5.56 Å². The predicted molar refractivity (Wildman–Crippen MR) is 57.7 cm³/mol. The normalized spacial score (nSPS) is 10.9. The monoisotopic (exact) mass is 290 g/mol. The van der Waals surface area contributed by atoms with Crippen molar-refractivity contribution in [1.29, 1.82) is 0 Å². The van der Waals surface area contributed by atoms with E-state index in [9.17, 15) is 26.7 Å². The Morgan fingerprint density at radius 3 is 1.80 bits per heavy atom. The van der Waals surface area contributed by atoms with Crippen LogP contribution in [-0.4, -0.2) is 15.7 Å². The van der Waals surface area contributed by atoms with Crippen LogP contribution in [0.3, 0.4) is 0 Å². The van der Waals surface area contributed by atoms with Crippen LogP contribution in [0.2, 0.25) is 0 Å². The molecule has 0 saturated carbocycles. The van der Waals surface area contributed by atoms with Gasteiger partial charge in [-0.2, -0.15) is 5.10 Å². The molecule has 1 aromatic carbocycles. The van der Waals surface area contributed by atoms with Crippen molar-refractivity contribution in [3.8, 4) is 0 Å². The van der Waals surface area contributed by atoms with Gasteiger partial charge in [0.2, 0.25) is 5.82 Å². The lowest BCUT2D eigenvalue weighted by atomic mass is 10.1. The van der Waals surface area contributed by atoms with Crippen LogP contribution in [0.1, 0.15) is 21.7 Å². The van der Waals surface area contributed by atoms with Crippen LogP contribution >= 0.6 is 0 Å². The number of aryl methyl sites for hydroxylation is 2. The first kappa shape index (κ1) is 14.2. The fraction of sp³-hybridized carbons (Fsp3) is 0.167. The number of carbonyl (C=O) groups excluding carboxylic acids is 1. The van der Waals surface area contributed by atoms with Crippen LogP contribution in [0.4, 0.5) is 22.0 Å². The van der Waals surface area contributed by atoms with Gasteiger partial charge in [-0.15, -0.1) is 0 Å². The van der Waals surface area contributed by atoms with Gasteiger partial charge in [-0.25, -0.2) is 26.6 Å². The SMILES string of the molecule is Cc1cc(C)n(C(=O)c2c(F)c(F)c(F)c(F)c2F)n1. The Bertz CT molecular complexity index is 694. The average molecular weight is 290 g/mol. The summed E-state index contributed by atoms with van der Waals surface area (Å²) in [6, 6.07) is 1.42. The molecule has 20 heavy (non-hydrogen) atoms. The third-order valence-electron chi connectivity index (χ3n) is 2.63. The van der Waals surface area contributed by atoms with Gasteiger partial charge < -0.3 is 0 Å². The maximum atomic E-state index is 13.5. The Morgan fingerprint density at radius 1 is 0.950 bits per heavy atom. The molecule has 2 aromatic rings. The number of halogens is 5. The van der Waals surface area contributed by atoms with E-state index < -0.39 is 40.6 Å². The highest BCUT2D eigenvalue weighted by Crippen LogP contribution is 2.24. The van der Waals surface area contributed by atoms with Crippen molar-refractivity contribution in [2.45, 2.75) is 13.8 Å². The van der Waals surface area contributed by atoms with Gasteiger partial charge in [-0.3, -0.25) is 4.79 Å². The maximum Gasteiger partial charge on any atom is 0.284 e. The summed E-state index contributed by atoms with van der Waals surface area (Å²) in [7, 11) is 0.